The Bertz CT molecular complexity index is 523. The van der Waals surface area contributed by atoms with Gasteiger partial charge in [-0.05, 0) is 37.3 Å². The second kappa shape index (κ2) is 6.85. The predicted octanol–water partition coefficient (Wildman–Crippen LogP) is 3.11. The third kappa shape index (κ3) is 3.50. The molecule has 1 fully saturated rings. The van der Waals surface area contributed by atoms with Crippen molar-refractivity contribution < 1.29 is 0 Å². The van der Waals surface area contributed by atoms with Crippen LogP contribution in [0.5, 0.6) is 0 Å². The van der Waals surface area contributed by atoms with Crippen molar-refractivity contribution in [3.63, 3.8) is 0 Å². The Kier molecular flexibility index (Phi) is 4.65. The topological polar surface area (TPSA) is 34.0 Å². The summed E-state index contributed by atoms with van der Waals surface area (Å²) in [5.74, 6) is 0.626. The van der Waals surface area contributed by atoms with E-state index in [9.17, 15) is 0 Å². The van der Waals surface area contributed by atoms with Crippen LogP contribution < -0.4 is 0 Å². The molecule has 1 saturated heterocycles. The van der Waals surface area contributed by atoms with Gasteiger partial charge in [-0.3, -0.25) is 0 Å². The first kappa shape index (κ1) is 14.3. The van der Waals surface area contributed by atoms with Gasteiger partial charge in [0, 0.05) is 13.1 Å². The molecule has 1 aromatic carbocycles. The number of benzene rings is 1. The van der Waals surface area contributed by atoms with Crippen LogP contribution in [-0.4, -0.2) is 39.3 Å². The molecule has 2 aromatic rings. The highest BCUT2D eigenvalue weighted by atomic mass is 15.3. The first-order valence-electron chi connectivity index (χ1n) is 7.98. The van der Waals surface area contributed by atoms with E-state index in [4.69, 9.17) is 0 Å². The molecule has 0 bridgehead atoms. The zero-order valence-corrected chi connectivity index (χ0v) is 12.7. The van der Waals surface area contributed by atoms with Crippen molar-refractivity contribution in [1.29, 1.82) is 0 Å². The lowest BCUT2D eigenvalue weighted by Crippen LogP contribution is -2.39. The molecule has 112 valence electrons. The van der Waals surface area contributed by atoms with Crippen LogP contribution in [0.2, 0.25) is 0 Å². The zero-order chi connectivity index (χ0) is 14.5. The van der Waals surface area contributed by atoms with Crippen LogP contribution in [-0.2, 0) is 0 Å². The molecule has 1 aliphatic heterocycles. The fourth-order valence-corrected chi connectivity index (χ4v) is 3.33. The molecule has 4 heteroatoms. The highest BCUT2D eigenvalue weighted by Crippen LogP contribution is 2.25. The summed E-state index contributed by atoms with van der Waals surface area (Å²) in [6.45, 7) is 5.73. The minimum atomic E-state index is 0.481. The molecule has 2 heterocycles. The molecule has 0 spiro atoms. The minimum absolute atomic E-state index is 0.481. The first-order chi connectivity index (χ1) is 10.4. The Hall–Kier alpha value is -1.68. The van der Waals surface area contributed by atoms with E-state index in [1.54, 1.807) is 6.33 Å². The molecule has 0 radical (unpaired) electrons. The van der Waals surface area contributed by atoms with E-state index >= 15 is 0 Å². The Morgan fingerprint density at radius 1 is 1.29 bits per heavy atom. The van der Waals surface area contributed by atoms with Crippen molar-refractivity contribution in [3.8, 4) is 0 Å². The largest absolute Gasteiger partial charge is 0.301 e. The second-order valence-electron chi connectivity index (χ2n) is 5.95. The smallest absolute Gasteiger partial charge is 0.137 e. The first-order valence-corrected chi connectivity index (χ1v) is 7.98. The standard InChI is InChI=1S/C17H24N4/c1-2-15(16-7-4-3-5-8-16)11-20-10-6-9-17(12-20)21-14-18-13-19-21/h3-5,7-8,13-15,17H,2,6,9-12H2,1H3. The quantitative estimate of drug-likeness (QED) is 0.846. The number of hydrogen-bond donors (Lipinski definition) is 0. The van der Waals surface area contributed by atoms with Gasteiger partial charge in [0.25, 0.3) is 0 Å². The number of rotatable bonds is 5. The molecule has 0 amide bonds. The molecule has 2 atom stereocenters. The van der Waals surface area contributed by atoms with E-state index in [1.165, 1.54) is 31.4 Å². The van der Waals surface area contributed by atoms with Crippen LogP contribution in [0.4, 0.5) is 0 Å². The molecule has 1 aliphatic rings. The SMILES string of the molecule is CCC(CN1CCCC(n2cncn2)C1)c1ccccc1. The van der Waals surface area contributed by atoms with E-state index in [1.807, 2.05) is 11.0 Å². The lowest BCUT2D eigenvalue weighted by atomic mass is 9.94. The summed E-state index contributed by atoms with van der Waals surface area (Å²) in [6, 6.07) is 11.4. The summed E-state index contributed by atoms with van der Waals surface area (Å²) in [5.41, 5.74) is 1.46. The number of likely N-dealkylation sites (tertiary alicyclic amines) is 1. The summed E-state index contributed by atoms with van der Waals surface area (Å²) in [6.07, 6.45) is 7.13. The lowest BCUT2D eigenvalue weighted by molar-refractivity contribution is 0.160. The number of piperidine rings is 1. The zero-order valence-electron chi connectivity index (χ0n) is 12.7. The summed E-state index contributed by atoms with van der Waals surface area (Å²) >= 11 is 0. The van der Waals surface area contributed by atoms with Gasteiger partial charge in [0.1, 0.15) is 12.7 Å². The predicted molar refractivity (Wildman–Crippen MR) is 84.2 cm³/mol. The third-order valence-corrected chi connectivity index (χ3v) is 4.53. The highest BCUT2D eigenvalue weighted by molar-refractivity contribution is 5.19. The van der Waals surface area contributed by atoms with Gasteiger partial charge < -0.3 is 4.90 Å². The molecule has 2 unspecified atom stereocenters. The van der Waals surface area contributed by atoms with Gasteiger partial charge in [-0.25, -0.2) is 9.67 Å². The maximum absolute atomic E-state index is 4.31. The summed E-state index contributed by atoms with van der Waals surface area (Å²) in [4.78, 5) is 6.67. The summed E-state index contributed by atoms with van der Waals surface area (Å²) in [5, 5.41) is 4.31. The van der Waals surface area contributed by atoms with E-state index in [2.05, 4.69) is 52.2 Å². The van der Waals surface area contributed by atoms with Crippen LogP contribution in [0.25, 0.3) is 0 Å². The van der Waals surface area contributed by atoms with E-state index in [0.717, 1.165) is 13.1 Å². The van der Waals surface area contributed by atoms with E-state index in [-0.39, 0.29) is 0 Å². The maximum atomic E-state index is 4.31. The molecule has 0 N–H and O–H groups in total. The van der Waals surface area contributed by atoms with Crippen LogP contribution >= 0.6 is 0 Å². The average Bonchev–Trinajstić information content (AvgIpc) is 3.08. The average molecular weight is 284 g/mol. The van der Waals surface area contributed by atoms with Gasteiger partial charge in [-0.15, -0.1) is 0 Å². The van der Waals surface area contributed by atoms with Gasteiger partial charge in [0.15, 0.2) is 0 Å². The Morgan fingerprint density at radius 2 is 2.14 bits per heavy atom. The maximum Gasteiger partial charge on any atom is 0.137 e. The van der Waals surface area contributed by atoms with Crippen molar-refractivity contribution in [2.45, 2.75) is 38.1 Å². The number of aromatic nitrogens is 3. The van der Waals surface area contributed by atoms with Gasteiger partial charge >= 0.3 is 0 Å². The molecule has 4 nitrogen and oxygen atoms in total. The highest BCUT2D eigenvalue weighted by Gasteiger charge is 2.23. The summed E-state index contributed by atoms with van der Waals surface area (Å²) < 4.78 is 2.02. The van der Waals surface area contributed by atoms with E-state index < -0.39 is 0 Å². The molecular weight excluding hydrogens is 260 g/mol. The van der Waals surface area contributed by atoms with Crippen LogP contribution in [0.3, 0.4) is 0 Å². The lowest BCUT2D eigenvalue weighted by Gasteiger charge is -2.34. The van der Waals surface area contributed by atoms with Gasteiger partial charge in [0.2, 0.25) is 0 Å². The fraction of sp³-hybridized carbons (Fsp3) is 0.529. The monoisotopic (exact) mass is 284 g/mol. The van der Waals surface area contributed by atoms with Crippen LogP contribution in [0, 0.1) is 0 Å². The third-order valence-electron chi connectivity index (χ3n) is 4.53. The van der Waals surface area contributed by atoms with Crippen molar-refractivity contribution >= 4 is 0 Å². The van der Waals surface area contributed by atoms with Gasteiger partial charge in [0.05, 0.1) is 6.04 Å². The molecule has 0 saturated carbocycles. The Morgan fingerprint density at radius 3 is 2.86 bits per heavy atom. The minimum Gasteiger partial charge on any atom is -0.301 e. The van der Waals surface area contributed by atoms with Crippen molar-refractivity contribution in [3.05, 3.63) is 48.5 Å². The molecule has 3 rings (SSSR count). The van der Waals surface area contributed by atoms with Crippen molar-refractivity contribution in [2.24, 2.45) is 0 Å². The molecule has 21 heavy (non-hydrogen) atoms. The van der Waals surface area contributed by atoms with Crippen LogP contribution in [0.1, 0.15) is 43.7 Å². The van der Waals surface area contributed by atoms with Gasteiger partial charge in [-0.2, -0.15) is 5.10 Å². The number of hydrogen-bond acceptors (Lipinski definition) is 3. The van der Waals surface area contributed by atoms with Crippen LogP contribution in [0.15, 0.2) is 43.0 Å². The van der Waals surface area contributed by atoms with Gasteiger partial charge in [-0.1, -0.05) is 37.3 Å². The molecule has 0 aliphatic carbocycles. The van der Waals surface area contributed by atoms with Crippen molar-refractivity contribution in [1.82, 2.24) is 19.7 Å². The summed E-state index contributed by atoms with van der Waals surface area (Å²) in [7, 11) is 0. The molecular formula is C17H24N4. The number of nitrogens with zero attached hydrogens (tertiary/aromatic N) is 4. The molecule has 1 aromatic heterocycles. The Labute approximate surface area is 126 Å². The Balaban J connectivity index is 1.63. The fourth-order valence-electron chi connectivity index (χ4n) is 3.33. The van der Waals surface area contributed by atoms with Crippen molar-refractivity contribution in [2.75, 3.05) is 19.6 Å². The normalized spacial score (nSPS) is 21.3. The van der Waals surface area contributed by atoms with E-state index in [0.29, 0.717) is 12.0 Å². The second-order valence-corrected chi connectivity index (χ2v) is 5.95.